The number of hydrogen-bond acceptors (Lipinski definition) is 4. The van der Waals surface area contributed by atoms with E-state index in [9.17, 15) is 9.18 Å². The van der Waals surface area contributed by atoms with Gasteiger partial charge in [0.05, 0.1) is 7.11 Å². The standard InChI is InChI=1S/C13H11FN2O2/c1-8-3-4-9(7-10(8)14)12(17)11-13(18-2)16-6-5-15-11/h3-7H,1-2H3. The third-order valence-corrected chi connectivity index (χ3v) is 2.51. The van der Waals surface area contributed by atoms with Gasteiger partial charge in [-0.15, -0.1) is 0 Å². The van der Waals surface area contributed by atoms with E-state index in [1.807, 2.05) is 0 Å². The first-order valence-electron chi connectivity index (χ1n) is 5.29. The molecule has 0 aliphatic heterocycles. The van der Waals surface area contributed by atoms with Gasteiger partial charge in [0, 0.05) is 18.0 Å². The van der Waals surface area contributed by atoms with E-state index in [1.54, 1.807) is 19.1 Å². The second kappa shape index (κ2) is 4.91. The molecule has 0 atom stereocenters. The van der Waals surface area contributed by atoms with Crippen LogP contribution in [0.2, 0.25) is 0 Å². The number of benzene rings is 1. The first-order chi connectivity index (χ1) is 8.63. The normalized spacial score (nSPS) is 10.2. The molecule has 0 fully saturated rings. The molecule has 18 heavy (non-hydrogen) atoms. The first kappa shape index (κ1) is 12.2. The van der Waals surface area contributed by atoms with Crippen LogP contribution in [0.1, 0.15) is 21.6 Å². The summed E-state index contributed by atoms with van der Waals surface area (Å²) in [7, 11) is 1.40. The van der Waals surface area contributed by atoms with Crippen LogP contribution in [-0.4, -0.2) is 22.9 Å². The first-order valence-corrected chi connectivity index (χ1v) is 5.29. The maximum absolute atomic E-state index is 13.4. The van der Waals surface area contributed by atoms with Gasteiger partial charge in [0.25, 0.3) is 0 Å². The minimum atomic E-state index is -0.427. The van der Waals surface area contributed by atoms with Crippen molar-refractivity contribution in [2.24, 2.45) is 0 Å². The molecule has 0 aliphatic carbocycles. The molecule has 0 unspecified atom stereocenters. The molecule has 4 nitrogen and oxygen atoms in total. The van der Waals surface area contributed by atoms with Crippen LogP contribution >= 0.6 is 0 Å². The fourth-order valence-corrected chi connectivity index (χ4v) is 1.50. The summed E-state index contributed by atoms with van der Waals surface area (Å²) in [5.74, 6) is -0.717. The van der Waals surface area contributed by atoms with Gasteiger partial charge in [-0.05, 0) is 18.6 Å². The molecule has 0 bridgehead atoms. The highest BCUT2D eigenvalue weighted by Crippen LogP contribution is 2.17. The monoisotopic (exact) mass is 246 g/mol. The maximum Gasteiger partial charge on any atom is 0.243 e. The number of hydrogen-bond donors (Lipinski definition) is 0. The predicted octanol–water partition coefficient (Wildman–Crippen LogP) is 2.16. The molecule has 0 amide bonds. The molecule has 0 N–H and O–H groups in total. The van der Waals surface area contributed by atoms with E-state index in [-0.39, 0.29) is 17.1 Å². The van der Waals surface area contributed by atoms with Crippen LogP contribution in [0.4, 0.5) is 4.39 Å². The lowest BCUT2D eigenvalue weighted by molar-refractivity contribution is 0.103. The molecule has 1 aromatic carbocycles. The lowest BCUT2D eigenvalue weighted by Gasteiger charge is -2.05. The Morgan fingerprint density at radius 1 is 1.28 bits per heavy atom. The van der Waals surface area contributed by atoms with Gasteiger partial charge in [0.1, 0.15) is 5.82 Å². The number of nitrogens with zero attached hydrogens (tertiary/aromatic N) is 2. The number of ether oxygens (including phenoxy) is 1. The fourth-order valence-electron chi connectivity index (χ4n) is 1.50. The van der Waals surface area contributed by atoms with Crippen LogP contribution in [0, 0.1) is 12.7 Å². The number of carbonyl (C=O) groups is 1. The van der Waals surface area contributed by atoms with Crippen molar-refractivity contribution < 1.29 is 13.9 Å². The summed E-state index contributed by atoms with van der Waals surface area (Å²) in [6, 6.07) is 4.28. The quantitative estimate of drug-likeness (QED) is 0.779. The Bertz CT molecular complexity index is 599. The van der Waals surface area contributed by atoms with Crippen molar-refractivity contribution in [3.8, 4) is 5.88 Å². The largest absolute Gasteiger partial charge is 0.479 e. The van der Waals surface area contributed by atoms with E-state index in [1.165, 1.54) is 25.6 Å². The summed E-state index contributed by atoms with van der Waals surface area (Å²) in [5, 5.41) is 0. The van der Waals surface area contributed by atoms with Crippen molar-refractivity contribution in [2.45, 2.75) is 6.92 Å². The Morgan fingerprint density at radius 2 is 2.00 bits per heavy atom. The SMILES string of the molecule is COc1nccnc1C(=O)c1ccc(C)c(F)c1. The van der Waals surface area contributed by atoms with Crippen LogP contribution in [0.25, 0.3) is 0 Å². The lowest BCUT2D eigenvalue weighted by atomic mass is 10.1. The van der Waals surface area contributed by atoms with Gasteiger partial charge in [-0.3, -0.25) is 4.79 Å². The minimum absolute atomic E-state index is 0.0725. The average Bonchev–Trinajstić information content (AvgIpc) is 2.41. The number of halogens is 1. The molecule has 5 heteroatoms. The molecule has 0 radical (unpaired) electrons. The van der Waals surface area contributed by atoms with Crippen LogP contribution in [0.5, 0.6) is 5.88 Å². The average molecular weight is 246 g/mol. The third kappa shape index (κ3) is 2.20. The Kier molecular flexibility index (Phi) is 3.32. The molecule has 2 rings (SSSR count). The molecule has 2 aromatic rings. The number of aromatic nitrogens is 2. The van der Waals surface area contributed by atoms with E-state index in [0.717, 1.165) is 0 Å². The van der Waals surface area contributed by atoms with E-state index in [4.69, 9.17) is 4.74 Å². The summed E-state index contributed by atoms with van der Waals surface area (Å²) in [6.07, 6.45) is 2.81. The van der Waals surface area contributed by atoms with Crippen LogP contribution < -0.4 is 4.74 Å². The number of ketones is 1. The molecule has 0 saturated heterocycles. The zero-order valence-electron chi connectivity index (χ0n) is 9.98. The van der Waals surface area contributed by atoms with Crippen molar-refractivity contribution in [1.82, 2.24) is 9.97 Å². The van der Waals surface area contributed by atoms with E-state index >= 15 is 0 Å². The topological polar surface area (TPSA) is 52.1 Å². The van der Waals surface area contributed by atoms with Crippen molar-refractivity contribution in [2.75, 3.05) is 7.11 Å². The van der Waals surface area contributed by atoms with E-state index < -0.39 is 11.6 Å². The number of aryl methyl sites for hydroxylation is 1. The van der Waals surface area contributed by atoms with Gasteiger partial charge >= 0.3 is 0 Å². The smallest absolute Gasteiger partial charge is 0.243 e. The second-order valence-electron chi connectivity index (χ2n) is 3.71. The van der Waals surface area contributed by atoms with Crippen LogP contribution in [0.3, 0.4) is 0 Å². The Hall–Kier alpha value is -2.30. The van der Waals surface area contributed by atoms with Gasteiger partial charge in [-0.25, -0.2) is 14.4 Å². The molecule has 0 saturated carbocycles. The Morgan fingerprint density at radius 3 is 2.67 bits per heavy atom. The number of carbonyl (C=O) groups excluding carboxylic acids is 1. The molecular weight excluding hydrogens is 235 g/mol. The predicted molar refractivity (Wildman–Crippen MR) is 63.2 cm³/mol. The maximum atomic E-state index is 13.4. The van der Waals surface area contributed by atoms with Gasteiger partial charge in [0.15, 0.2) is 5.69 Å². The van der Waals surface area contributed by atoms with Gasteiger partial charge in [-0.2, -0.15) is 0 Å². The van der Waals surface area contributed by atoms with Gasteiger partial charge in [-0.1, -0.05) is 12.1 Å². The second-order valence-corrected chi connectivity index (χ2v) is 3.71. The summed E-state index contributed by atoms with van der Waals surface area (Å²) < 4.78 is 18.4. The van der Waals surface area contributed by atoms with Gasteiger partial charge in [0.2, 0.25) is 11.7 Å². The zero-order valence-corrected chi connectivity index (χ0v) is 9.98. The van der Waals surface area contributed by atoms with Crippen LogP contribution in [0.15, 0.2) is 30.6 Å². The number of methoxy groups -OCH3 is 1. The van der Waals surface area contributed by atoms with Crippen molar-refractivity contribution in [3.05, 3.63) is 53.2 Å². The highest BCUT2D eigenvalue weighted by Gasteiger charge is 2.17. The highest BCUT2D eigenvalue weighted by molar-refractivity contribution is 6.09. The molecule has 92 valence electrons. The number of rotatable bonds is 3. The van der Waals surface area contributed by atoms with Crippen LogP contribution in [-0.2, 0) is 0 Å². The molecule has 0 aliphatic rings. The van der Waals surface area contributed by atoms with E-state index in [0.29, 0.717) is 5.56 Å². The van der Waals surface area contributed by atoms with Crippen molar-refractivity contribution in [1.29, 1.82) is 0 Å². The summed E-state index contributed by atoms with van der Waals surface area (Å²) in [6.45, 7) is 1.63. The summed E-state index contributed by atoms with van der Waals surface area (Å²) in [5.41, 5.74) is 0.776. The zero-order chi connectivity index (χ0) is 13.1. The molecular formula is C13H11FN2O2. The third-order valence-electron chi connectivity index (χ3n) is 2.51. The van der Waals surface area contributed by atoms with E-state index in [2.05, 4.69) is 9.97 Å². The lowest BCUT2D eigenvalue weighted by Crippen LogP contribution is -2.08. The summed E-state index contributed by atoms with van der Waals surface area (Å²) in [4.78, 5) is 19.9. The van der Waals surface area contributed by atoms with Crippen molar-refractivity contribution >= 4 is 5.78 Å². The van der Waals surface area contributed by atoms with Gasteiger partial charge < -0.3 is 4.74 Å². The van der Waals surface area contributed by atoms with Crippen molar-refractivity contribution in [3.63, 3.8) is 0 Å². The molecule has 0 spiro atoms. The Labute approximate surface area is 103 Å². The molecule has 1 aromatic heterocycles. The fraction of sp³-hybridized carbons (Fsp3) is 0.154. The Balaban J connectivity index is 2.44. The summed E-state index contributed by atoms with van der Waals surface area (Å²) >= 11 is 0. The highest BCUT2D eigenvalue weighted by atomic mass is 19.1. The molecule has 1 heterocycles. The minimum Gasteiger partial charge on any atom is -0.479 e.